The first-order chi connectivity index (χ1) is 4.23. The number of carbonyl (C=O) groups is 1. The zero-order valence-electron chi connectivity index (χ0n) is 5.05. The molecule has 1 aliphatic heterocycles. The van der Waals surface area contributed by atoms with Crippen LogP contribution < -0.4 is 16.6 Å². The number of carboxylic acid groups (broad SMARTS) is 1. The highest BCUT2D eigenvalue weighted by Gasteiger charge is 1.91. The minimum atomic E-state index is -1.33. The van der Waals surface area contributed by atoms with Gasteiger partial charge in [0.05, 0.1) is 0 Å². The largest absolute Gasteiger partial charge is 0.465 e. The van der Waals surface area contributed by atoms with Crippen LogP contribution in [-0.2, 0) is 0 Å². The molecule has 0 unspecified atom stereocenters. The van der Waals surface area contributed by atoms with E-state index in [4.69, 9.17) is 9.90 Å². The average Bonchev–Trinajstić information content (AvgIpc) is 2.11. The second-order valence-electron chi connectivity index (χ2n) is 1.55. The van der Waals surface area contributed by atoms with Crippen LogP contribution in [0.5, 0.6) is 0 Å². The molecule has 5 nitrogen and oxygen atoms in total. The lowest BCUT2D eigenvalue weighted by molar-refractivity contribution is 0.205. The lowest BCUT2D eigenvalue weighted by atomic mass is 10.5. The van der Waals surface area contributed by atoms with Gasteiger partial charge in [0.15, 0.2) is 0 Å². The molecule has 5 N–H and O–H groups in total. The molecule has 1 rings (SSSR count). The van der Waals surface area contributed by atoms with Crippen LogP contribution in [0, 0.1) is 0 Å². The molecule has 54 valence electrons. The van der Waals surface area contributed by atoms with Crippen molar-refractivity contribution in [1.29, 1.82) is 0 Å². The second kappa shape index (κ2) is 5.33. The van der Waals surface area contributed by atoms with E-state index in [0.717, 1.165) is 13.1 Å². The van der Waals surface area contributed by atoms with E-state index in [9.17, 15) is 0 Å². The van der Waals surface area contributed by atoms with Crippen molar-refractivity contribution in [2.75, 3.05) is 13.1 Å². The SMILES string of the molecule is C1CNNC1.NC(=O)O. The molecule has 0 bridgehead atoms. The second-order valence-corrected chi connectivity index (χ2v) is 1.55. The summed E-state index contributed by atoms with van der Waals surface area (Å²) in [5.74, 6) is 0. The van der Waals surface area contributed by atoms with Crippen molar-refractivity contribution >= 4 is 6.09 Å². The Morgan fingerprint density at radius 2 is 1.78 bits per heavy atom. The van der Waals surface area contributed by atoms with E-state index in [2.05, 4.69) is 16.6 Å². The Hall–Kier alpha value is -0.810. The number of hydrazine groups is 1. The fourth-order valence-corrected chi connectivity index (χ4v) is 0.442. The van der Waals surface area contributed by atoms with Crippen LogP contribution in [-0.4, -0.2) is 24.3 Å². The van der Waals surface area contributed by atoms with Gasteiger partial charge in [-0.3, -0.25) is 10.9 Å². The Morgan fingerprint density at radius 1 is 1.44 bits per heavy atom. The third-order valence-corrected chi connectivity index (χ3v) is 0.729. The van der Waals surface area contributed by atoms with Gasteiger partial charge in [-0.1, -0.05) is 0 Å². The predicted molar refractivity (Wildman–Crippen MR) is 32.8 cm³/mol. The predicted octanol–water partition coefficient (Wildman–Crippen LogP) is -0.893. The van der Waals surface area contributed by atoms with Crippen LogP contribution in [0.3, 0.4) is 0 Å². The van der Waals surface area contributed by atoms with Crippen molar-refractivity contribution in [2.45, 2.75) is 6.42 Å². The van der Waals surface area contributed by atoms with E-state index in [1.165, 1.54) is 6.42 Å². The molecule has 1 fully saturated rings. The van der Waals surface area contributed by atoms with Crippen LogP contribution in [0.25, 0.3) is 0 Å². The van der Waals surface area contributed by atoms with Crippen LogP contribution in [0.1, 0.15) is 6.42 Å². The van der Waals surface area contributed by atoms with Gasteiger partial charge in [-0.15, -0.1) is 0 Å². The summed E-state index contributed by atoms with van der Waals surface area (Å²) < 4.78 is 0. The molecule has 0 aromatic carbocycles. The third-order valence-electron chi connectivity index (χ3n) is 0.729. The Balaban J connectivity index is 0.000000148. The first-order valence-corrected chi connectivity index (χ1v) is 2.67. The number of nitrogens with one attached hydrogen (secondary N) is 2. The maximum Gasteiger partial charge on any atom is 0.402 e. The summed E-state index contributed by atoms with van der Waals surface area (Å²) in [5, 5.41) is 7.19. The van der Waals surface area contributed by atoms with E-state index >= 15 is 0 Å². The van der Waals surface area contributed by atoms with Gasteiger partial charge in [-0.2, -0.15) is 0 Å². The highest BCUT2D eigenvalue weighted by molar-refractivity contribution is 5.61. The molecule has 0 spiro atoms. The maximum absolute atomic E-state index is 8.78. The van der Waals surface area contributed by atoms with Gasteiger partial charge < -0.3 is 10.8 Å². The molecule has 0 radical (unpaired) electrons. The number of hydrogen-bond acceptors (Lipinski definition) is 3. The Labute approximate surface area is 53.2 Å². The van der Waals surface area contributed by atoms with Gasteiger partial charge in [0.2, 0.25) is 0 Å². The van der Waals surface area contributed by atoms with Crippen LogP contribution in [0.15, 0.2) is 0 Å². The lowest BCUT2D eigenvalue weighted by Crippen LogP contribution is -2.21. The lowest BCUT2D eigenvalue weighted by Gasteiger charge is -1.81. The molecule has 1 saturated heterocycles. The van der Waals surface area contributed by atoms with E-state index in [-0.39, 0.29) is 0 Å². The molecule has 0 saturated carbocycles. The van der Waals surface area contributed by atoms with Crippen LogP contribution in [0.2, 0.25) is 0 Å². The van der Waals surface area contributed by atoms with Gasteiger partial charge >= 0.3 is 6.09 Å². The first-order valence-electron chi connectivity index (χ1n) is 2.67. The van der Waals surface area contributed by atoms with Crippen molar-refractivity contribution in [3.8, 4) is 0 Å². The number of amides is 1. The maximum atomic E-state index is 8.78. The van der Waals surface area contributed by atoms with Crippen molar-refractivity contribution < 1.29 is 9.90 Å². The van der Waals surface area contributed by atoms with Crippen molar-refractivity contribution in [3.05, 3.63) is 0 Å². The van der Waals surface area contributed by atoms with Crippen LogP contribution >= 0.6 is 0 Å². The fourth-order valence-electron chi connectivity index (χ4n) is 0.442. The summed E-state index contributed by atoms with van der Waals surface area (Å²) >= 11 is 0. The Morgan fingerprint density at radius 3 is 1.89 bits per heavy atom. The highest BCUT2D eigenvalue weighted by Crippen LogP contribution is 1.74. The molecular weight excluding hydrogens is 122 g/mol. The molecule has 5 heteroatoms. The van der Waals surface area contributed by atoms with Crippen molar-refractivity contribution in [3.63, 3.8) is 0 Å². The molecule has 0 aliphatic carbocycles. The highest BCUT2D eigenvalue weighted by atomic mass is 16.4. The summed E-state index contributed by atoms with van der Waals surface area (Å²) in [7, 11) is 0. The molecule has 0 aromatic rings. The molecule has 1 amide bonds. The van der Waals surface area contributed by atoms with Gasteiger partial charge in [-0.25, -0.2) is 4.79 Å². The summed E-state index contributed by atoms with van der Waals surface area (Å²) in [5.41, 5.74) is 9.97. The van der Waals surface area contributed by atoms with Crippen molar-refractivity contribution in [1.82, 2.24) is 10.9 Å². The minimum Gasteiger partial charge on any atom is -0.465 e. The monoisotopic (exact) mass is 133 g/mol. The number of nitrogens with two attached hydrogens (primary N) is 1. The summed E-state index contributed by atoms with van der Waals surface area (Å²) in [4.78, 5) is 8.78. The van der Waals surface area contributed by atoms with Gasteiger partial charge in [-0.05, 0) is 6.42 Å². The van der Waals surface area contributed by atoms with Gasteiger partial charge in [0.25, 0.3) is 0 Å². The topological polar surface area (TPSA) is 87.4 Å². The first kappa shape index (κ1) is 8.19. The van der Waals surface area contributed by atoms with Crippen LogP contribution in [0.4, 0.5) is 4.79 Å². The molecule has 1 heterocycles. The molecular formula is C4H11N3O2. The number of primary amides is 1. The Bertz CT molecular complexity index is 70.3. The van der Waals surface area contributed by atoms with Gasteiger partial charge in [0.1, 0.15) is 0 Å². The van der Waals surface area contributed by atoms with E-state index in [1.54, 1.807) is 0 Å². The number of rotatable bonds is 0. The zero-order valence-corrected chi connectivity index (χ0v) is 5.05. The molecule has 1 aliphatic rings. The fraction of sp³-hybridized carbons (Fsp3) is 0.750. The molecule has 0 aromatic heterocycles. The average molecular weight is 133 g/mol. The smallest absolute Gasteiger partial charge is 0.402 e. The summed E-state index contributed by atoms with van der Waals surface area (Å²) in [6.07, 6.45) is -0.0556. The van der Waals surface area contributed by atoms with E-state index < -0.39 is 6.09 Å². The normalized spacial score (nSPS) is 16.0. The summed E-state index contributed by atoms with van der Waals surface area (Å²) in [6.45, 7) is 2.28. The third kappa shape index (κ3) is 11.0. The van der Waals surface area contributed by atoms with E-state index in [0.29, 0.717) is 0 Å². The quantitative estimate of drug-likeness (QED) is 0.345. The molecule has 9 heavy (non-hydrogen) atoms. The standard InChI is InChI=1S/C3H8N2.CH3NO2/c1-2-4-5-3-1;2-1(3)4/h4-5H,1-3H2;2H2,(H,3,4). The zero-order chi connectivity index (χ0) is 7.11. The summed E-state index contributed by atoms with van der Waals surface area (Å²) in [6, 6.07) is 0. The number of hydrogen-bond donors (Lipinski definition) is 4. The van der Waals surface area contributed by atoms with Gasteiger partial charge in [0, 0.05) is 13.1 Å². The van der Waals surface area contributed by atoms with E-state index in [1.807, 2.05) is 0 Å². The van der Waals surface area contributed by atoms with Crippen molar-refractivity contribution in [2.24, 2.45) is 5.73 Å². The Kier molecular flexibility index (Phi) is 4.85. The minimum absolute atomic E-state index is 1.14. The molecule has 0 atom stereocenters.